The Morgan fingerprint density at radius 3 is 1.86 bits per heavy atom. The van der Waals surface area contributed by atoms with Crippen LogP contribution in [-0.4, -0.2) is 4.57 Å². The van der Waals surface area contributed by atoms with Crippen LogP contribution in [0.1, 0.15) is 0 Å². The van der Waals surface area contributed by atoms with Crippen LogP contribution in [0.5, 0.6) is 0 Å². The number of anilines is 3. The van der Waals surface area contributed by atoms with Gasteiger partial charge in [0.15, 0.2) is 0 Å². The summed E-state index contributed by atoms with van der Waals surface area (Å²) in [5.74, 6) is 0. The minimum Gasteiger partial charge on any atom is -0.309 e. The van der Waals surface area contributed by atoms with Crippen molar-refractivity contribution in [2.24, 2.45) is 0 Å². The van der Waals surface area contributed by atoms with Gasteiger partial charge in [0.25, 0.3) is 0 Å². The van der Waals surface area contributed by atoms with Crippen molar-refractivity contribution < 1.29 is 0 Å². The molecule has 2 heterocycles. The van der Waals surface area contributed by atoms with Crippen molar-refractivity contribution in [3.8, 4) is 5.69 Å². The monoisotopic (exact) mass is 666 g/mol. The predicted octanol–water partition coefficient (Wildman–Crippen LogP) is 14.1. The van der Waals surface area contributed by atoms with Gasteiger partial charge in [-0.3, -0.25) is 0 Å². The lowest BCUT2D eigenvalue weighted by atomic mass is 10.0. The third kappa shape index (κ3) is 4.29. The molecule has 0 unspecified atom stereocenters. The van der Waals surface area contributed by atoms with Crippen molar-refractivity contribution in [2.45, 2.75) is 0 Å². The maximum atomic E-state index is 2.49. The first-order valence-electron chi connectivity index (χ1n) is 17.4. The van der Waals surface area contributed by atoms with Crippen molar-refractivity contribution in [1.29, 1.82) is 0 Å². The number of nitrogens with zero attached hydrogens (tertiary/aromatic N) is 2. The van der Waals surface area contributed by atoms with Gasteiger partial charge in [-0.25, -0.2) is 0 Å². The standard InChI is InChI=1S/C48H30N2S/c1-2-17-36(18-3-1)49(43-22-11-23-45-47(43)39-27-25-32-13-8-9-19-38(32)48(39)51-45)41-20-10-21-42-46(41)40-29-34-15-6-7-16-35(34)30-44(40)50(42)37-26-24-31-12-4-5-14-33(31)28-37/h1-30H. The summed E-state index contributed by atoms with van der Waals surface area (Å²) >= 11 is 1.89. The number of rotatable bonds is 4. The second-order valence-corrected chi connectivity index (χ2v) is 14.4. The molecule has 11 rings (SSSR count). The molecular weight excluding hydrogens is 637 g/mol. The number of para-hydroxylation sites is 1. The van der Waals surface area contributed by atoms with Crippen LogP contribution in [0.15, 0.2) is 182 Å². The zero-order valence-corrected chi connectivity index (χ0v) is 28.4. The van der Waals surface area contributed by atoms with Gasteiger partial charge in [-0.2, -0.15) is 0 Å². The normalized spacial score (nSPS) is 11.9. The molecule has 0 fully saturated rings. The van der Waals surface area contributed by atoms with Crippen molar-refractivity contribution in [2.75, 3.05) is 4.90 Å². The molecule has 0 saturated heterocycles. The summed E-state index contributed by atoms with van der Waals surface area (Å²) in [5.41, 5.74) is 7.01. The third-order valence-electron chi connectivity index (χ3n) is 10.5. The van der Waals surface area contributed by atoms with E-state index in [1.165, 1.54) is 80.0 Å². The van der Waals surface area contributed by atoms with Gasteiger partial charge >= 0.3 is 0 Å². The average molecular weight is 667 g/mol. The first-order valence-corrected chi connectivity index (χ1v) is 18.3. The van der Waals surface area contributed by atoms with Gasteiger partial charge in [0, 0.05) is 42.3 Å². The van der Waals surface area contributed by atoms with E-state index in [1.807, 2.05) is 11.3 Å². The van der Waals surface area contributed by atoms with E-state index in [0.717, 1.165) is 17.1 Å². The predicted molar refractivity (Wildman–Crippen MR) is 221 cm³/mol. The molecule has 0 N–H and O–H groups in total. The fourth-order valence-electron chi connectivity index (χ4n) is 8.22. The Bertz CT molecular complexity index is 3150. The van der Waals surface area contributed by atoms with Gasteiger partial charge in [0.2, 0.25) is 0 Å². The topological polar surface area (TPSA) is 8.17 Å². The molecule has 0 aliphatic carbocycles. The smallest absolute Gasteiger partial charge is 0.0562 e. The first kappa shape index (κ1) is 28.4. The van der Waals surface area contributed by atoms with E-state index < -0.39 is 0 Å². The SMILES string of the molecule is c1ccc(N(c2cccc3sc4c5ccccc5ccc4c23)c2cccc3c2c2cc4ccccc4cc2n3-c2ccc3ccccc3c2)cc1. The summed E-state index contributed by atoms with van der Waals surface area (Å²) in [6.45, 7) is 0. The van der Waals surface area contributed by atoms with Crippen LogP contribution in [0.4, 0.5) is 17.1 Å². The van der Waals surface area contributed by atoms with Crippen molar-refractivity contribution >= 4 is 103 Å². The largest absolute Gasteiger partial charge is 0.309 e. The summed E-state index contributed by atoms with van der Waals surface area (Å²) in [6.07, 6.45) is 0. The molecule has 0 aliphatic rings. The highest BCUT2D eigenvalue weighted by molar-refractivity contribution is 7.26. The van der Waals surface area contributed by atoms with Crippen LogP contribution in [0.3, 0.4) is 0 Å². The number of thiophene rings is 1. The molecule has 2 aromatic heterocycles. The minimum absolute atomic E-state index is 1.13. The first-order chi connectivity index (χ1) is 25.3. The molecule has 11 aromatic rings. The Morgan fingerprint density at radius 2 is 1.04 bits per heavy atom. The average Bonchev–Trinajstić information content (AvgIpc) is 3.74. The molecule has 0 radical (unpaired) electrons. The van der Waals surface area contributed by atoms with Crippen LogP contribution in [-0.2, 0) is 0 Å². The van der Waals surface area contributed by atoms with E-state index in [1.54, 1.807) is 0 Å². The zero-order chi connectivity index (χ0) is 33.5. The fourth-order valence-corrected chi connectivity index (χ4v) is 9.48. The van der Waals surface area contributed by atoms with Gasteiger partial charge in [-0.1, -0.05) is 121 Å². The lowest BCUT2D eigenvalue weighted by Crippen LogP contribution is -2.10. The van der Waals surface area contributed by atoms with Crippen LogP contribution >= 0.6 is 11.3 Å². The molecule has 238 valence electrons. The van der Waals surface area contributed by atoms with Gasteiger partial charge in [0.05, 0.1) is 22.4 Å². The van der Waals surface area contributed by atoms with E-state index in [2.05, 4.69) is 191 Å². The Labute approximate surface area is 298 Å². The van der Waals surface area contributed by atoms with Crippen LogP contribution in [0.2, 0.25) is 0 Å². The Balaban J connectivity index is 1.27. The van der Waals surface area contributed by atoms with Gasteiger partial charge in [-0.15, -0.1) is 11.3 Å². The van der Waals surface area contributed by atoms with E-state index >= 15 is 0 Å². The molecule has 0 aliphatic heterocycles. The highest BCUT2D eigenvalue weighted by atomic mass is 32.1. The molecular formula is C48H30N2S. The fraction of sp³-hybridized carbons (Fsp3) is 0. The highest BCUT2D eigenvalue weighted by Crippen LogP contribution is 2.49. The van der Waals surface area contributed by atoms with Gasteiger partial charge < -0.3 is 9.47 Å². The van der Waals surface area contributed by atoms with Crippen molar-refractivity contribution in [3.63, 3.8) is 0 Å². The lowest BCUT2D eigenvalue weighted by molar-refractivity contribution is 1.19. The minimum atomic E-state index is 1.13. The molecule has 3 heteroatoms. The molecule has 0 atom stereocenters. The van der Waals surface area contributed by atoms with E-state index in [4.69, 9.17) is 0 Å². The number of benzene rings is 9. The second kappa shape index (κ2) is 11.0. The number of aromatic nitrogens is 1. The van der Waals surface area contributed by atoms with Gasteiger partial charge in [-0.05, 0) is 93.0 Å². The van der Waals surface area contributed by atoms with E-state index in [9.17, 15) is 0 Å². The summed E-state index contributed by atoms with van der Waals surface area (Å²) in [4.78, 5) is 2.49. The van der Waals surface area contributed by atoms with Crippen LogP contribution < -0.4 is 4.90 Å². The quantitative estimate of drug-likeness (QED) is 0.181. The van der Waals surface area contributed by atoms with E-state index in [-0.39, 0.29) is 0 Å². The third-order valence-corrected chi connectivity index (χ3v) is 11.7. The van der Waals surface area contributed by atoms with Crippen molar-refractivity contribution in [3.05, 3.63) is 182 Å². The maximum absolute atomic E-state index is 2.49. The molecule has 51 heavy (non-hydrogen) atoms. The molecule has 0 spiro atoms. The Hall–Kier alpha value is -6.42. The summed E-state index contributed by atoms with van der Waals surface area (Å²) in [5, 5.41) is 12.6. The Morgan fingerprint density at radius 1 is 0.392 bits per heavy atom. The van der Waals surface area contributed by atoms with Crippen LogP contribution in [0.25, 0.3) is 80.0 Å². The summed E-state index contributed by atoms with van der Waals surface area (Å²) < 4.78 is 5.08. The molecule has 2 nitrogen and oxygen atoms in total. The number of hydrogen-bond donors (Lipinski definition) is 0. The van der Waals surface area contributed by atoms with Crippen LogP contribution in [0, 0.1) is 0 Å². The zero-order valence-electron chi connectivity index (χ0n) is 27.6. The number of fused-ring (bicyclic) bond motifs is 10. The van der Waals surface area contributed by atoms with E-state index in [0.29, 0.717) is 0 Å². The molecule has 0 saturated carbocycles. The highest BCUT2D eigenvalue weighted by Gasteiger charge is 2.24. The van der Waals surface area contributed by atoms with Gasteiger partial charge in [0.1, 0.15) is 0 Å². The summed E-state index contributed by atoms with van der Waals surface area (Å²) in [7, 11) is 0. The number of hydrogen-bond acceptors (Lipinski definition) is 2. The molecule has 0 amide bonds. The Kier molecular flexibility index (Phi) is 6.16. The van der Waals surface area contributed by atoms with Crippen molar-refractivity contribution in [1.82, 2.24) is 4.57 Å². The molecule has 9 aromatic carbocycles. The molecule has 0 bridgehead atoms. The lowest BCUT2D eigenvalue weighted by Gasteiger charge is -2.27. The maximum Gasteiger partial charge on any atom is 0.0562 e. The second-order valence-electron chi connectivity index (χ2n) is 13.3. The summed E-state index contributed by atoms with van der Waals surface area (Å²) in [6, 6.07) is 66.8.